The molecule has 1 aliphatic heterocycles. The van der Waals surface area contributed by atoms with E-state index in [0.29, 0.717) is 19.0 Å². The Morgan fingerprint density at radius 1 is 1.36 bits per heavy atom. The Labute approximate surface area is 160 Å². The molecule has 1 saturated heterocycles. The van der Waals surface area contributed by atoms with Gasteiger partial charge >= 0.3 is 11.7 Å². The first kappa shape index (κ1) is 17.9. The van der Waals surface area contributed by atoms with Crippen LogP contribution in [-0.2, 0) is 4.74 Å². The number of nitrogens with zero attached hydrogens (tertiary/aromatic N) is 4. The number of nitrogens with one attached hydrogen (secondary N) is 1. The number of nitro groups is 1. The van der Waals surface area contributed by atoms with Gasteiger partial charge in [-0.1, -0.05) is 0 Å². The third-order valence-corrected chi connectivity index (χ3v) is 5.18. The van der Waals surface area contributed by atoms with Crippen LogP contribution in [0.3, 0.4) is 0 Å². The van der Waals surface area contributed by atoms with Crippen LogP contribution in [0.25, 0.3) is 11.0 Å². The fourth-order valence-corrected chi connectivity index (χ4v) is 3.77. The van der Waals surface area contributed by atoms with Crippen molar-refractivity contribution in [2.45, 2.75) is 18.8 Å². The number of fused-ring (bicyclic) bond motifs is 1. The molecule has 1 fully saturated rings. The zero-order chi connectivity index (χ0) is 19.7. The van der Waals surface area contributed by atoms with Crippen LogP contribution in [-0.4, -0.2) is 46.0 Å². The quantitative estimate of drug-likeness (QED) is 0.420. The summed E-state index contributed by atoms with van der Waals surface area (Å²) in [6.45, 7) is 1.28. The topological polar surface area (TPSA) is 114 Å². The summed E-state index contributed by atoms with van der Waals surface area (Å²) < 4.78 is 4.62. The standard InChI is InChI=1S/C19H19N5O4/c1-28-19(25)13-9-16(24(26)27)18(22-10-13)23-7-4-12(5-8-23)15-11-21-17-14(15)3-2-6-20-17/h2-3,6,9-12H,4-5,7-8H2,1H3,(H,20,21). The molecule has 1 aliphatic rings. The van der Waals surface area contributed by atoms with Gasteiger partial charge in [0.1, 0.15) is 5.65 Å². The van der Waals surface area contributed by atoms with Gasteiger partial charge in [-0.15, -0.1) is 0 Å². The molecule has 0 radical (unpaired) electrons. The minimum Gasteiger partial charge on any atom is -0.465 e. The first-order valence-corrected chi connectivity index (χ1v) is 8.98. The van der Waals surface area contributed by atoms with E-state index in [4.69, 9.17) is 0 Å². The van der Waals surface area contributed by atoms with Crippen LogP contribution in [0.5, 0.6) is 0 Å². The Kier molecular flexibility index (Phi) is 4.64. The highest BCUT2D eigenvalue weighted by molar-refractivity contribution is 5.90. The fraction of sp³-hybridized carbons (Fsp3) is 0.316. The highest BCUT2D eigenvalue weighted by atomic mass is 16.6. The number of carbonyl (C=O) groups is 1. The Bertz CT molecular complexity index is 1040. The number of ether oxygens (including phenoxy) is 1. The number of methoxy groups -OCH3 is 1. The van der Waals surface area contributed by atoms with E-state index in [2.05, 4.69) is 25.8 Å². The molecule has 3 aromatic rings. The molecule has 4 rings (SSSR count). The number of pyridine rings is 2. The van der Waals surface area contributed by atoms with E-state index in [1.54, 1.807) is 6.20 Å². The maximum Gasteiger partial charge on any atom is 0.339 e. The second kappa shape index (κ2) is 7.26. The minimum atomic E-state index is -0.645. The molecule has 144 valence electrons. The molecule has 0 aliphatic carbocycles. The molecular weight excluding hydrogens is 362 g/mol. The third kappa shape index (κ3) is 3.15. The molecule has 0 atom stereocenters. The van der Waals surface area contributed by atoms with Crippen LogP contribution in [0.4, 0.5) is 11.5 Å². The lowest BCUT2D eigenvalue weighted by Crippen LogP contribution is -2.34. The first-order valence-electron chi connectivity index (χ1n) is 8.98. The van der Waals surface area contributed by atoms with Gasteiger partial charge in [0.05, 0.1) is 17.6 Å². The van der Waals surface area contributed by atoms with Gasteiger partial charge in [-0.05, 0) is 36.5 Å². The van der Waals surface area contributed by atoms with Crippen molar-refractivity contribution in [2.75, 3.05) is 25.1 Å². The molecule has 4 heterocycles. The molecule has 9 heteroatoms. The Morgan fingerprint density at radius 3 is 2.86 bits per heavy atom. The van der Waals surface area contributed by atoms with Gasteiger partial charge < -0.3 is 14.6 Å². The number of H-pyrrole nitrogens is 1. The maximum absolute atomic E-state index is 11.7. The Hall–Kier alpha value is -3.49. The lowest BCUT2D eigenvalue weighted by molar-refractivity contribution is -0.384. The largest absolute Gasteiger partial charge is 0.465 e. The van der Waals surface area contributed by atoms with E-state index in [1.807, 2.05) is 17.2 Å². The monoisotopic (exact) mass is 381 g/mol. The average molecular weight is 381 g/mol. The molecule has 3 aromatic heterocycles. The number of hydrogen-bond acceptors (Lipinski definition) is 7. The van der Waals surface area contributed by atoms with E-state index >= 15 is 0 Å². The van der Waals surface area contributed by atoms with Gasteiger partial charge in [0, 0.05) is 43.1 Å². The molecule has 1 N–H and O–H groups in total. The van der Waals surface area contributed by atoms with E-state index < -0.39 is 10.9 Å². The number of aromatic amines is 1. The number of anilines is 1. The predicted molar refractivity (Wildman–Crippen MR) is 103 cm³/mol. The Balaban J connectivity index is 1.55. The number of hydrogen-bond donors (Lipinski definition) is 1. The second-order valence-corrected chi connectivity index (χ2v) is 6.72. The van der Waals surface area contributed by atoms with E-state index in [9.17, 15) is 14.9 Å². The smallest absolute Gasteiger partial charge is 0.339 e. The lowest BCUT2D eigenvalue weighted by atomic mass is 9.89. The highest BCUT2D eigenvalue weighted by Crippen LogP contribution is 2.36. The number of aromatic nitrogens is 3. The molecule has 0 bridgehead atoms. The zero-order valence-electron chi connectivity index (χ0n) is 15.3. The summed E-state index contributed by atoms with van der Waals surface area (Å²) in [6, 6.07) is 5.20. The number of piperidine rings is 1. The first-order chi connectivity index (χ1) is 13.6. The molecule has 0 saturated carbocycles. The SMILES string of the molecule is COC(=O)c1cnc(N2CCC(c3c[nH]c4ncccc34)CC2)c([N+](=O)[O-])c1. The zero-order valence-corrected chi connectivity index (χ0v) is 15.3. The van der Waals surface area contributed by atoms with Crippen LogP contribution in [0.15, 0.2) is 36.8 Å². The van der Waals surface area contributed by atoms with Gasteiger partial charge in [0.2, 0.25) is 5.82 Å². The second-order valence-electron chi connectivity index (χ2n) is 6.72. The summed E-state index contributed by atoms with van der Waals surface area (Å²) >= 11 is 0. The van der Waals surface area contributed by atoms with Crippen molar-refractivity contribution in [3.05, 3.63) is 58.0 Å². The van der Waals surface area contributed by atoms with Crippen molar-refractivity contribution in [1.29, 1.82) is 0 Å². The summed E-state index contributed by atoms with van der Waals surface area (Å²) in [5.74, 6) is -0.00639. The van der Waals surface area contributed by atoms with E-state index in [-0.39, 0.29) is 17.1 Å². The van der Waals surface area contributed by atoms with Gasteiger partial charge in [0.15, 0.2) is 0 Å². The van der Waals surface area contributed by atoms with Crippen LogP contribution in [0.1, 0.15) is 34.7 Å². The number of esters is 1. The van der Waals surface area contributed by atoms with E-state index in [1.165, 1.54) is 24.9 Å². The third-order valence-electron chi connectivity index (χ3n) is 5.18. The van der Waals surface area contributed by atoms with Crippen LogP contribution in [0, 0.1) is 10.1 Å². The Morgan fingerprint density at radius 2 is 2.14 bits per heavy atom. The van der Waals surface area contributed by atoms with Crippen molar-refractivity contribution in [3.8, 4) is 0 Å². The molecule has 0 spiro atoms. The molecule has 0 unspecified atom stereocenters. The van der Waals surface area contributed by atoms with Crippen molar-refractivity contribution < 1.29 is 14.5 Å². The number of carbonyl (C=O) groups excluding carboxylic acids is 1. The van der Waals surface area contributed by atoms with Crippen molar-refractivity contribution in [2.24, 2.45) is 0 Å². The van der Waals surface area contributed by atoms with Crippen LogP contribution in [0.2, 0.25) is 0 Å². The average Bonchev–Trinajstić information content (AvgIpc) is 3.17. The van der Waals surface area contributed by atoms with Crippen LogP contribution >= 0.6 is 0 Å². The maximum atomic E-state index is 11.7. The molecule has 0 amide bonds. The summed E-state index contributed by atoms with van der Waals surface area (Å²) in [5, 5.41) is 12.6. The van der Waals surface area contributed by atoms with Crippen molar-refractivity contribution in [1.82, 2.24) is 15.0 Å². The van der Waals surface area contributed by atoms with Gasteiger partial charge in [-0.3, -0.25) is 10.1 Å². The minimum absolute atomic E-state index is 0.0686. The summed E-state index contributed by atoms with van der Waals surface area (Å²) in [5.41, 5.74) is 1.98. The number of rotatable bonds is 4. The van der Waals surface area contributed by atoms with Gasteiger partial charge in [0.25, 0.3) is 0 Å². The van der Waals surface area contributed by atoms with Crippen molar-refractivity contribution in [3.63, 3.8) is 0 Å². The van der Waals surface area contributed by atoms with Crippen LogP contribution < -0.4 is 4.90 Å². The van der Waals surface area contributed by atoms with Crippen molar-refractivity contribution >= 4 is 28.5 Å². The fourth-order valence-electron chi connectivity index (χ4n) is 3.77. The molecule has 0 aromatic carbocycles. The molecule has 28 heavy (non-hydrogen) atoms. The molecule has 9 nitrogen and oxygen atoms in total. The summed E-state index contributed by atoms with van der Waals surface area (Å²) in [7, 11) is 1.23. The van der Waals surface area contributed by atoms with E-state index in [0.717, 1.165) is 23.9 Å². The van der Waals surface area contributed by atoms with Gasteiger partial charge in [-0.25, -0.2) is 14.8 Å². The van der Waals surface area contributed by atoms with Gasteiger partial charge in [-0.2, -0.15) is 0 Å². The summed E-state index contributed by atoms with van der Waals surface area (Å²) in [4.78, 5) is 36.3. The normalized spacial score (nSPS) is 15.0. The lowest BCUT2D eigenvalue weighted by Gasteiger charge is -2.32. The predicted octanol–water partition coefficient (Wildman–Crippen LogP) is 3.04. The highest BCUT2D eigenvalue weighted by Gasteiger charge is 2.29. The summed E-state index contributed by atoms with van der Waals surface area (Å²) in [6.07, 6.45) is 6.78. The molecular formula is C19H19N5O4.